The molecule has 0 fully saturated rings. The van der Waals surface area contributed by atoms with Gasteiger partial charge in [-0.25, -0.2) is 0 Å². The molecular weight excluding hydrogens is 404 g/mol. The molecule has 32 heavy (non-hydrogen) atoms. The van der Waals surface area contributed by atoms with Crippen LogP contribution in [0.2, 0.25) is 0 Å². The van der Waals surface area contributed by atoms with Gasteiger partial charge in [0.15, 0.2) is 0 Å². The predicted molar refractivity (Wildman–Crippen MR) is 126 cm³/mol. The summed E-state index contributed by atoms with van der Waals surface area (Å²) in [6.45, 7) is 2.46. The number of ether oxygens (including phenoxy) is 2. The lowest BCUT2D eigenvalue weighted by Crippen LogP contribution is -2.14. The molecule has 0 radical (unpaired) electrons. The van der Waals surface area contributed by atoms with E-state index in [9.17, 15) is 9.59 Å². The Hall–Kier alpha value is -3.80. The molecular formula is C26H28N2O4. The number of benzene rings is 3. The van der Waals surface area contributed by atoms with Crippen molar-refractivity contribution in [2.75, 3.05) is 17.7 Å². The Labute approximate surface area is 188 Å². The zero-order valence-electron chi connectivity index (χ0n) is 18.4. The van der Waals surface area contributed by atoms with E-state index in [1.54, 1.807) is 36.4 Å². The molecule has 0 atom stereocenters. The molecule has 0 aromatic heterocycles. The minimum absolute atomic E-state index is 0.0609. The third-order valence-corrected chi connectivity index (χ3v) is 4.84. The standard InChI is InChI=1S/C26H28N2O4/c1-3-4-13-25(29)28-23-15-14-21(17-24(23)31-2)27-26(30)20-11-8-12-22(16-20)32-18-19-9-6-5-7-10-19/h5-12,14-17H,3-4,13,18H2,1-2H3,(H,27,30)(H,28,29). The summed E-state index contributed by atoms with van der Waals surface area (Å²) in [6, 6.07) is 22.0. The minimum Gasteiger partial charge on any atom is -0.494 e. The van der Waals surface area contributed by atoms with Crippen molar-refractivity contribution in [3.63, 3.8) is 0 Å². The van der Waals surface area contributed by atoms with Crippen molar-refractivity contribution in [1.29, 1.82) is 0 Å². The average molecular weight is 433 g/mol. The largest absolute Gasteiger partial charge is 0.494 e. The molecule has 2 amide bonds. The number of carbonyl (C=O) groups is 2. The van der Waals surface area contributed by atoms with Crippen LogP contribution in [0.15, 0.2) is 72.8 Å². The van der Waals surface area contributed by atoms with Crippen molar-refractivity contribution in [1.82, 2.24) is 0 Å². The average Bonchev–Trinajstić information content (AvgIpc) is 2.83. The van der Waals surface area contributed by atoms with Gasteiger partial charge in [-0.3, -0.25) is 9.59 Å². The Balaban J connectivity index is 1.64. The maximum atomic E-state index is 12.7. The van der Waals surface area contributed by atoms with Crippen LogP contribution < -0.4 is 20.1 Å². The molecule has 166 valence electrons. The van der Waals surface area contributed by atoms with E-state index in [-0.39, 0.29) is 11.8 Å². The summed E-state index contributed by atoms with van der Waals surface area (Å²) in [5.41, 5.74) is 2.67. The number of nitrogens with one attached hydrogen (secondary N) is 2. The molecule has 3 aromatic carbocycles. The molecule has 3 rings (SSSR count). The van der Waals surface area contributed by atoms with Gasteiger partial charge in [-0.15, -0.1) is 0 Å². The van der Waals surface area contributed by atoms with Gasteiger partial charge in [-0.1, -0.05) is 49.7 Å². The fourth-order valence-electron chi connectivity index (χ4n) is 3.09. The van der Waals surface area contributed by atoms with Crippen LogP contribution in [0.25, 0.3) is 0 Å². The molecule has 0 unspecified atom stereocenters. The topological polar surface area (TPSA) is 76.7 Å². The van der Waals surface area contributed by atoms with Crippen LogP contribution in [-0.2, 0) is 11.4 Å². The number of hydrogen-bond acceptors (Lipinski definition) is 4. The third-order valence-electron chi connectivity index (χ3n) is 4.84. The van der Waals surface area contributed by atoms with Gasteiger partial charge >= 0.3 is 0 Å². The second kappa shape index (κ2) is 11.6. The highest BCUT2D eigenvalue weighted by Gasteiger charge is 2.12. The van der Waals surface area contributed by atoms with E-state index < -0.39 is 0 Å². The van der Waals surface area contributed by atoms with E-state index in [1.807, 2.05) is 43.3 Å². The van der Waals surface area contributed by atoms with Gasteiger partial charge < -0.3 is 20.1 Å². The van der Waals surface area contributed by atoms with Crippen molar-refractivity contribution < 1.29 is 19.1 Å². The maximum Gasteiger partial charge on any atom is 0.255 e. The van der Waals surface area contributed by atoms with Crippen LogP contribution in [0.4, 0.5) is 11.4 Å². The first kappa shape index (κ1) is 22.9. The predicted octanol–water partition coefficient (Wildman–Crippen LogP) is 5.66. The maximum absolute atomic E-state index is 12.7. The highest BCUT2D eigenvalue weighted by Crippen LogP contribution is 2.28. The van der Waals surface area contributed by atoms with Crippen LogP contribution in [-0.4, -0.2) is 18.9 Å². The van der Waals surface area contributed by atoms with Crippen LogP contribution in [0.1, 0.15) is 42.1 Å². The molecule has 0 bridgehead atoms. The SMILES string of the molecule is CCCCC(=O)Nc1ccc(NC(=O)c2cccc(OCc3ccccc3)c2)cc1OC. The van der Waals surface area contributed by atoms with E-state index in [1.165, 1.54) is 7.11 Å². The van der Waals surface area contributed by atoms with Gasteiger partial charge in [0.05, 0.1) is 12.8 Å². The molecule has 3 aromatic rings. The molecule has 0 spiro atoms. The second-order valence-corrected chi connectivity index (χ2v) is 7.32. The van der Waals surface area contributed by atoms with Gasteiger partial charge in [-0.2, -0.15) is 0 Å². The van der Waals surface area contributed by atoms with Crippen LogP contribution in [0.5, 0.6) is 11.5 Å². The van der Waals surface area contributed by atoms with E-state index in [4.69, 9.17) is 9.47 Å². The molecule has 0 saturated carbocycles. The van der Waals surface area contributed by atoms with E-state index >= 15 is 0 Å². The summed E-state index contributed by atoms with van der Waals surface area (Å²) in [5, 5.41) is 5.71. The van der Waals surface area contributed by atoms with Crippen LogP contribution >= 0.6 is 0 Å². The van der Waals surface area contributed by atoms with E-state index in [0.717, 1.165) is 18.4 Å². The van der Waals surface area contributed by atoms with Gasteiger partial charge in [0, 0.05) is 23.7 Å². The third kappa shape index (κ3) is 6.60. The quantitative estimate of drug-likeness (QED) is 0.434. The molecule has 6 heteroatoms. The van der Waals surface area contributed by atoms with Crippen LogP contribution in [0.3, 0.4) is 0 Å². The Morgan fingerprint density at radius 1 is 0.906 bits per heavy atom. The molecule has 6 nitrogen and oxygen atoms in total. The summed E-state index contributed by atoms with van der Waals surface area (Å²) >= 11 is 0. The van der Waals surface area contributed by atoms with Gasteiger partial charge in [0.2, 0.25) is 5.91 Å². The molecule has 0 heterocycles. The number of carbonyl (C=O) groups excluding carboxylic acids is 2. The first-order valence-corrected chi connectivity index (χ1v) is 10.6. The smallest absolute Gasteiger partial charge is 0.255 e. The molecule has 0 aliphatic rings. The van der Waals surface area contributed by atoms with Crippen molar-refractivity contribution in [2.24, 2.45) is 0 Å². The summed E-state index contributed by atoms with van der Waals surface area (Å²) in [6.07, 6.45) is 2.24. The number of methoxy groups -OCH3 is 1. The Morgan fingerprint density at radius 2 is 1.72 bits per heavy atom. The molecule has 0 aliphatic heterocycles. The molecule has 0 aliphatic carbocycles. The minimum atomic E-state index is -0.267. The van der Waals surface area contributed by atoms with Crippen molar-refractivity contribution in [2.45, 2.75) is 32.8 Å². The first-order chi connectivity index (χ1) is 15.6. The number of anilines is 2. The number of rotatable bonds is 10. The zero-order chi connectivity index (χ0) is 22.8. The number of unbranched alkanes of at least 4 members (excludes halogenated alkanes) is 1. The fraction of sp³-hybridized carbons (Fsp3) is 0.231. The summed E-state index contributed by atoms with van der Waals surface area (Å²) in [5.74, 6) is 0.767. The Kier molecular flexibility index (Phi) is 8.26. The normalized spacial score (nSPS) is 10.3. The lowest BCUT2D eigenvalue weighted by atomic mass is 10.2. The second-order valence-electron chi connectivity index (χ2n) is 7.32. The Bertz CT molecular complexity index is 1050. The summed E-state index contributed by atoms with van der Waals surface area (Å²) < 4.78 is 11.2. The Morgan fingerprint density at radius 3 is 2.47 bits per heavy atom. The monoisotopic (exact) mass is 432 g/mol. The lowest BCUT2D eigenvalue weighted by Gasteiger charge is -2.13. The van der Waals surface area contributed by atoms with Gasteiger partial charge in [0.1, 0.15) is 18.1 Å². The number of hydrogen-bond donors (Lipinski definition) is 2. The van der Waals surface area contributed by atoms with E-state index in [0.29, 0.717) is 41.5 Å². The fourth-order valence-corrected chi connectivity index (χ4v) is 3.09. The van der Waals surface area contributed by atoms with Gasteiger partial charge in [-0.05, 0) is 42.3 Å². The van der Waals surface area contributed by atoms with Crippen molar-refractivity contribution in [3.05, 3.63) is 83.9 Å². The van der Waals surface area contributed by atoms with Crippen molar-refractivity contribution >= 4 is 23.2 Å². The van der Waals surface area contributed by atoms with Gasteiger partial charge in [0.25, 0.3) is 5.91 Å². The van der Waals surface area contributed by atoms with Crippen molar-refractivity contribution in [3.8, 4) is 11.5 Å². The highest BCUT2D eigenvalue weighted by atomic mass is 16.5. The number of amides is 2. The van der Waals surface area contributed by atoms with E-state index in [2.05, 4.69) is 10.6 Å². The molecule has 0 saturated heterocycles. The van der Waals surface area contributed by atoms with Crippen LogP contribution in [0, 0.1) is 0 Å². The summed E-state index contributed by atoms with van der Waals surface area (Å²) in [7, 11) is 1.52. The summed E-state index contributed by atoms with van der Waals surface area (Å²) in [4.78, 5) is 24.8. The highest BCUT2D eigenvalue weighted by molar-refractivity contribution is 6.05. The first-order valence-electron chi connectivity index (χ1n) is 10.6. The molecule has 2 N–H and O–H groups in total. The lowest BCUT2D eigenvalue weighted by molar-refractivity contribution is -0.116. The zero-order valence-corrected chi connectivity index (χ0v) is 18.4.